The van der Waals surface area contributed by atoms with E-state index in [1.54, 1.807) is 6.07 Å². The van der Waals surface area contributed by atoms with Crippen LogP contribution in [-0.4, -0.2) is 47.0 Å². The van der Waals surface area contributed by atoms with Crippen LogP contribution >= 0.6 is 11.3 Å². The lowest BCUT2D eigenvalue weighted by atomic mass is 10.0. The monoisotopic (exact) mass is 472 g/mol. The molecule has 0 radical (unpaired) electrons. The lowest BCUT2D eigenvalue weighted by Crippen LogP contribution is -2.44. The Morgan fingerprint density at radius 3 is 2.79 bits per heavy atom. The van der Waals surface area contributed by atoms with Crippen LogP contribution in [0.15, 0.2) is 23.0 Å². The molecule has 176 valence electrons. The fraction of sp³-hybridized carbons (Fsp3) is 0.458. The Labute approximate surface area is 196 Å². The van der Waals surface area contributed by atoms with Gasteiger partial charge in [-0.3, -0.25) is 14.5 Å². The number of carbonyl (C=O) groups is 1. The molecule has 1 aromatic carbocycles. The van der Waals surface area contributed by atoms with E-state index < -0.39 is 0 Å². The Morgan fingerprint density at radius 2 is 2.09 bits per heavy atom. The van der Waals surface area contributed by atoms with E-state index >= 15 is 0 Å². The Morgan fingerprint density at radius 1 is 1.33 bits per heavy atom. The Kier molecular flexibility index (Phi) is 7.09. The van der Waals surface area contributed by atoms with Crippen molar-refractivity contribution in [3.8, 4) is 5.75 Å². The molecule has 1 amide bonds. The number of fused-ring (bicyclic) bond motifs is 1. The van der Waals surface area contributed by atoms with Gasteiger partial charge in [-0.2, -0.15) is 0 Å². The Balaban J connectivity index is 1.24. The van der Waals surface area contributed by atoms with E-state index in [-0.39, 0.29) is 35.5 Å². The Hall–Kier alpha value is -2.78. The van der Waals surface area contributed by atoms with Crippen LogP contribution in [0.25, 0.3) is 10.2 Å². The Bertz CT molecular complexity index is 1210. The third-order valence-corrected chi connectivity index (χ3v) is 7.35. The molecule has 9 heteroatoms. The van der Waals surface area contributed by atoms with Crippen molar-refractivity contribution in [1.29, 1.82) is 0 Å². The van der Waals surface area contributed by atoms with Gasteiger partial charge in [0, 0.05) is 43.4 Å². The lowest BCUT2D eigenvalue weighted by Gasteiger charge is -2.32. The van der Waals surface area contributed by atoms with Crippen LogP contribution in [0.3, 0.4) is 0 Å². The number of nitrogens with zero attached hydrogens (tertiary/aromatic N) is 2. The largest absolute Gasteiger partial charge is 0.494 e. The maximum atomic E-state index is 13.9. The molecule has 2 N–H and O–H groups in total. The number of aromatic amines is 1. The van der Waals surface area contributed by atoms with E-state index in [9.17, 15) is 14.0 Å². The number of aromatic nitrogens is 2. The van der Waals surface area contributed by atoms with Gasteiger partial charge in [0.1, 0.15) is 10.7 Å². The number of ether oxygens (including phenoxy) is 1. The van der Waals surface area contributed by atoms with E-state index in [0.29, 0.717) is 24.2 Å². The molecule has 1 fully saturated rings. The summed E-state index contributed by atoms with van der Waals surface area (Å²) in [4.78, 5) is 36.3. The van der Waals surface area contributed by atoms with Crippen LogP contribution in [-0.2, 0) is 17.8 Å². The third-order valence-electron chi connectivity index (χ3n) is 6.25. The number of hydrogen-bond acceptors (Lipinski definition) is 6. The molecule has 0 saturated carbocycles. The normalized spacial score (nSPS) is 15.2. The van der Waals surface area contributed by atoms with Crippen molar-refractivity contribution >= 4 is 27.5 Å². The van der Waals surface area contributed by atoms with E-state index in [1.807, 2.05) is 19.9 Å². The summed E-state index contributed by atoms with van der Waals surface area (Å²) in [7, 11) is 1.46. The topological polar surface area (TPSA) is 87.3 Å². The zero-order valence-corrected chi connectivity index (χ0v) is 20.0. The highest BCUT2D eigenvalue weighted by atomic mass is 32.1. The number of piperidine rings is 1. The minimum Gasteiger partial charge on any atom is -0.494 e. The second kappa shape index (κ2) is 10.0. The number of halogens is 1. The van der Waals surface area contributed by atoms with Crippen molar-refractivity contribution in [2.45, 2.75) is 52.1 Å². The maximum Gasteiger partial charge on any atom is 0.259 e. The zero-order valence-electron chi connectivity index (χ0n) is 19.2. The molecule has 3 heterocycles. The first-order chi connectivity index (χ1) is 15.8. The number of nitrogens with one attached hydrogen (secondary N) is 2. The van der Waals surface area contributed by atoms with Crippen molar-refractivity contribution in [2.24, 2.45) is 0 Å². The van der Waals surface area contributed by atoms with Gasteiger partial charge in [0.25, 0.3) is 5.56 Å². The molecule has 7 nitrogen and oxygen atoms in total. The number of carbonyl (C=O) groups excluding carboxylic acids is 1. The zero-order chi connectivity index (χ0) is 23.5. The minimum absolute atomic E-state index is 0.0352. The standard InChI is InChI=1S/C24H29FN4O3S/c1-14-15(2)33-24-22(14)23(31)27-20(28-24)6-7-21(30)26-17-8-10-29(11-9-17)13-16-4-5-19(32-3)18(25)12-16/h4-5,12,17H,6-11,13H2,1-3H3,(H,26,30)(H,27,28,31). The van der Waals surface area contributed by atoms with E-state index in [1.165, 1.54) is 24.5 Å². The highest BCUT2D eigenvalue weighted by Gasteiger charge is 2.21. The highest BCUT2D eigenvalue weighted by Crippen LogP contribution is 2.26. The summed E-state index contributed by atoms with van der Waals surface area (Å²) >= 11 is 1.51. The van der Waals surface area contributed by atoms with Crippen LogP contribution < -0.4 is 15.6 Å². The maximum absolute atomic E-state index is 13.9. The number of aryl methyl sites for hydroxylation is 3. The van der Waals surface area contributed by atoms with Gasteiger partial charge in [0.15, 0.2) is 11.6 Å². The SMILES string of the molecule is COc1ccc(CN2CCC(NC(=O)CCc3nc4sc(C)c(C)c4c(=O)[nH]3)CC2)cc1F. The molecular formula is C24H29FN4O3S. The van der Waals surface area contributed by atoms with Gasteiger partial charge in [0.05, 0.1) is 12.5 Å². The third kappa shape index (κ3) is 5.42. The van der Waals surface area contributed by atoms with Crippen LogP contribution in [0.5, 0.6) is 5.75 Å². The number of likely N-dealkylation sites (tertiary alicyclic amines) is 1. The van der Waals surface area contributed by atoms with Gasteiger partial charge in [-0.25, -0.2) is 9.37 Å². The van der Waals surface area contributed by atoms with Crippen molar-refractivity contribution < 1.29 is 13.9 Å². The van der Waals surface area contributed by atoms with Gasteiger partial charge in [-0.05, 0) is 49.9 Å². The first-order valence-corrected chi connectivity index (χ1v) is 12.0. The molecule has 1 saturated heterocycles. The van der Waals surface area contributed by atoms with Crippen LogP contribution in [0.2, 0.25) is 0 Å². The van der Waals surface area contributed by atoms with Crippen molar-refractivity contribution in [2.75, 3.05) is 20.2 Å². The molecule has 0 aliphatic carbocycles. The van der Waals surface area contributed by atoms with Crippen molar-refractivity contribution in [3.63, 3.8) is 0 Å². The molecule has 1 aliphatic rings. The number of thiophene rings is 1. The number of methoxy groups -OCH3 is 1. The first kappa shape index (κ1) is 23.4. The number of benzene rings is 1. The summed E-state index contributed by atoms with van der Waals surface area (Å²) in [5.41, 5.74) is 1.74. The molecule has 1 aliphatic heterocycles. The smallest absolute Gasteiger partial charge is 0.259 e. The fourth-order valence-corrected chi connectivity index (χ4v) is 5.30. The molecule has 33 heavy (non-hydrogen) atoms. The van der Waals surface area contributed by atoms with Gasteiger partial charge in [-0.1, -0.05) is 6.07 Å². The fourth-order valence-electron chi connectivity index (χ4n) is 4.25. The number of hydrogen-bond donors (Lipinski definition) is 2. The number of rotatable bonds is 7. The van der Waals surface area contributed by atoms with Gasteiger partial charge >= 0.3 is 0 Å². The molecule has 4 rings (SSSR count). The molecule has 0 unspecified atom stereocenters. The summed E-state index contributed by atoms with van der Waals surface area (Å²) in [5.74, 6) is 0.411. The molecule has 0 atom stereocenters. The van der Waals surface area contributed by atoms with Crippen LogP contribution in [0.4, 0.5) is 4.39 Å². The van der Waals surface area contributed by atoms with E-state index in [2.05, 4.69) is 20.2 Å². The predicted molar refractivity (Wildman–Crippen MR) is 127 cm³/mol. The summed E-state index contributed by atoms with van der Waals surface area (Å²) in [6.45, 7) is 6.25. The summed E-state index contributed by atoms with van der Waals surface area (Å²) in [6.07, 6.45) is 2.37. The average Bonchev–Trinajstić information content (AvgIpc) is 3.07. The summed E-state index contributed by atoms with van der Waals surface area (Å²) in [5, 5.41) is 3.75. The van der Waals surface area contributed by atoms with Gasteiger partial charge < -0.3 is 15.0 Å². The summed E-state index contributed by atoms with van der Waals surface area (Å²) in [6, 6.07) is 5.17. The molecule has 3 aromatic rings. The average molecular weight is 473 g/mol. The van der Waals surface area contributed by atoms with Gasteiger partial charge in [0.2, 0.25) is 5.91 Å². The summed E-state index contributed by atoms with van der Waals surface area (Å²) < 4.78 is 18.9. The van der Waals surface area contributed by atoms with E-state index in [0.717, 1.165) is 46.8 Å². The second-order valence-electron chi connectivity index (χ2n) is 8.56. The van der Waals surface area contributed by atoms with E-state index in [4.69, 9.17) is 4.74 Å². The molecule has 0 spiro atoms. The van der Waals surface area contributed by atoms with Crippen molar-refractivity contribution in [1.82, 2.24) is 20.2 Å². The highest BCUT2D eigenvalue weighted by molar-refractivity contribution is 7.18. The molecular weight excluding hydrogens is 443 g/mol. The van der Waals surface area contributed by atoms with Crippen molar-refractivity contribution in [3.05, 3.63) is 56.2 Å². The van der Waals surface area contributed by atoms with Gasteiger partial charge in [-0.15, -0.1) is 11.3 Å². The number of H-pyrrole nitrogens is 1. The molecule has 0 bridgehead atoms. The quantitative estimate of drug-likeness (QED) is 0.550. The predicted octanol–water partition coefficient (Wildman–Crippen LogP) is 3.46. The lowest BCUT2D eigenvalue weighted by molar-refractivity contribution is -0.122. The minimum atomic E-state index is -0.350. The number of amides is 1. The second-order valence-corrected chi connectivity index (χ2v) is 9.77. The molecule has 2 aromatic heterocycles. The van der Waals surface area contributed by atoms with Crippen LogP contribution in [0, 0.1) is 19.7 Å². The first-order valence-electron chi connectivity index (χ1n) is 11.2. The van der Waals surface area contributed by atoms with Crippen LogP contribution in [0.1, 0.15) is 41.1 Å².